The average Bonchev–Trinajstić information content (AvgIpc) is 3.14. The van der Waals surface area contributed by atoms with Crippen LogP contribution in [0.3, 0.4) is 0 Å². The highest BCUT2D eigenvalue weighted by molar-refractivity contribution is 7.15. The summed E-state index contributed by atoms with van der Waals surface area (Å²) in [6, 6.07) is 6.82. The summed E-state index contributed by atoms with van der Waals surface area (Å²) in [5.74, 6) is -0.0241. The Morgan fingerprint density at radius 2 is 2.13 bits per heavy atom. The third-order valence-corrected chi connectivity index (χ3v) is 4.69. The number of likely N-dealkylation sites (N-methyl/N-ethyl adjacent to an activating group) is 1. The minimum absolute atomic E-state index is 0.0241. The number of pyridine rings is 1. The van der Waals surface area contributed by atoms with Gasteiger partial charge in [0.15, 0.2) is 0 Å². The summed E-state index contributed by atoms with van der Waals surface area (Å²) in [6.07, 6.45) is 1.01. The van der Waals surface area contributed by atoms with Gasteiger partial charge in [-0.15, -0.1) is 11.3 Å². The Kier molecular flexibility index (Phi) is 4.12. The molecule has 0 aromatic carbocycles. The first kappa shape index (κ1) is 15.6. The number of alkyl halides is 2. The van der Waals surface area contributed by atoms with E-state index in [4.69, 9.17) is 0 Å². The first-order valence-electron chi connectivity index (χ1n) is 6.99. The molecule has 3 aromatic rings. The highest BCUT2D eigenvalue weighted by atomic mass is 32.1. The van der Waals surface area contributed by atoms with Crippen LogP contribution in [-0.4, -0.2) is 34.5 Å². The molecule has 0 aliphatic heterocycles. The summed E-state index contributed by atoms with van der Waals surface area (Å²) >= 11 is 1.06. The molecule has 4 nitrogen and oxygen atoms in total. The Labute approximate surface area is 136 Å². The largest absolute Gasteiger partial charge is 0.347 e. The number of hydrogen-bond donors (Lipinski definition) is 0. The maximum absolute atomic E-state index is 12.7. The van der Waals surface area contributed by atoms with Crippen molar-refractivity contribution in [2.45, 2.75) is 13.0 Å². The maximum Gasteiger partial charge on any atom is 0.272 e. The smallest absolute Gasteiger partial charge is 0.272 e. The molecule has 0 radical (unpaired) electrons. The molecule has 3 heterocycles. The van der Waals surface area contributed by atoms with E-state index in [1.54, 1.807) is 26.4 Å². The van der Waals surface area contributed by atoms with Crippen LogP contribution in [0, 0.1) is 0 Å². The molecule has 3 aromatic heterocycles. The molecule has 0 fully saturated rings. The van der Waals surface area contributed by atoms with E-state index in [0.717, 1.165) is 32.8 Å². The summed E-state index contributed by atoms with van der Waals surface area (Å²) in [6.45, 7) is 0.217. The number of carbonyl (C=O) groups excluding carboxylic acids is 1. The molecule has 0 saturated heterocycles. The molecule has 3 rings (SSSR count). The minimum atomic E-state index is -2.47. The van der Waals surface area contributed by atoms with Gasteiger partial charge in [0.1, 0.15) is 6.54 Å². The third kappa shape index (κ3) is 3.10. The maximum atomic E-state index is 12.7. The summed E-state index contributed by atoms with van der Waals surface area (Å²) in [5.41, 5.74) is 2.35. The van der Waals surface area contributed by atoms with Crippen molar-refractivity contribution in [2.24, 2.45) is 0 Å². The fourth-order valence-electron chi connectivity index (χ4n) is 2.25. The minimum Gasteiger partial charge on any atom is -0.347 e. The molecule has 120 valence electrons. The molecular weight excluding hydrogens is 320 g/mol. The highest BCUT2D eigenvalue weighted by Crippen LogP contribution is 2.34. The number of hydrogen-bond acceptors (Lipinski definition) is 3. The molecule has 0 atom stereocenters. The van der Waals surface area contributed by atoms with E-state index < -0.39 is 6.43 Å². The lowest BCUT2D eigenvalue weighted by Crippen LogP contribution is -2.25. The first-order chi connectivity index (χ1) is 11.0. The second kappa shape index (κ2) is 6.08. The summed E-state index contributed by atoms with van der Waals surface area (Å²) < 4.78 is 27.3. The molecular formula is C16H15F2N3OS. The van der Waals surface area contributed by atoms with Crippen LogP contribution >= 0.6 is 11.3 Å². The standard InChI is InChI=1S/C16H15F2N3OS/c1-20(2)15(22)9-21-6-5-11-12(21)7-10(8-19-11)13-3-4-14(23-13)16(17)18/h3-8,16H,9H2,1-2H3. The number of thiophene rings is 1. The molecule has 0 spiro atoms. The number of amides is 1. The normalized spacial score (nSPS) is 11.3. The third-order valence-electron chi connectivity index (χ3n) is 3.55. The molecule has 23 heavy (non-hydrogen) atoms. The fraction of sp³-hybridized carbons (Fsp3) is 0.250. The quantitative estimate of drug-likeness (QED) is 0.727. The molecule has 1 amide bonds. The van der Waals surface area contributed by atoms with Crippen LogP contribution in [0.1, 0.15) is 11.3 Å². The van der Waals surface area contributed by atoms with Crippen LogP contribution in [-0.2, 0) is 11.3 Å². The Morgan fingerprint density at radius 1 is 1.35 bits per heavy atom. The SMILES string of the molecule is CN(C)C(=O)Cn1ccc2ncc(-c3ccc(C(F)F)s3)cc21. The van der Waals surface area contributed by atoms with Crippen LogP contribution in [0.4, 0.5) is 8.78 Å². The molecule has 0 aliphatic carbocycles. The molecule has 0 saturated carbocycles. The van der Waals surface area contributed by atoms with Crippen molar-refractivity contribution in [3.63, 3.8) is 0 Å². The van der Waals surface area contributed by atoms with Crippen molar-refractivity contribution in [1.82, 2.24) is 14.5 Å². The molecule has 0 bridgehead atoms. The van der Waals surface area contributed by atoms with Gasteiger partial charge in [-0.1, -0.05) is 0 Å². The predicted molar refractivity (Wildman–Crippen MR) is 86.7 cm³/mol. The highest BCUT2D eigenvalue weighted by Gasteiger charge is 2.13. The topological polar surface area (TPSA) is 38.1 Å². The number of fused-ring (bicyclic) bond motifs is 1. The van der Waals surface area contributed by atoms with Crippen molar-refractivity contribution in [3.05, 3.63) is 41.5 Å². The van der Waals surface area contributed by atoms with Crippen LogP contribution < -0.4 is 0 Å². The second-order valence-corrected chi connectivity index (χ2v) is 6.48. The van der Waals surface area contributed by atoms with Gasteiger partial charge in [-0.25, -0.2) is 8.78 Å². The van der Waals surface area contributed by atoms with E-state index >= 15 is 0 Å². The number of aromatic nitrogens is 2. The van der Waals surface area contributed by atoms with Gasteiger partial charge in [0.05, 0.1) is 15.9 Å². The van der Waals surface area contributed by atoms with Gasteiger partial charge in [-0.05, 0) is 24.3 Å². The van der Waals surface area contributed by atoms with E-state index in [2.05, 4.69) is 4.98 Å². The van der Waals surface area contributed by atoms with Gasteiger partial charge in [0.25, 0.3) is 6.43 Å². The van der Waals surface area contributed by atoms with Gasteiger partial charge < -0.3 is 9.47 Å². The number of halogens is 2. The molecule has 0 aliphatic rings. The lowest BCUT2D eigenvalue weighted by atomic mass is 10.2. The Bertz CT molecular complexity index is 854. The lowest BCUT2D eigenvalue weighted by molar-refractivity contribution is -0.129. The van der Waals surface area contributed by atoms with Gasteiger partial charge in [-0.2, -0.15) is 0 Å². The van der Waals surface area contributed by atoms with Crippen molar-refractivity contribution in [3.8, 4) is 10.4 Å². The van der Waals surface area contributed by atoms with Crippen molar-refractivity contribution in [2.75, 3.05) is 14.1 Å². The molecule has 0 N–H and O–H groups in total. The first-order valence-corrected chi connectivity index (χ1v) is 7.80. The molecule has 7 heteroatoms. The van der Waals surface area contributed by atoms with Crippen molar-refractivity contribution in [1.29, 1.82) is 0 Å². The van der Waals surface area contributed by atoms with E-state index in [-0.39, 0.29) is 17.3 Å². The van der Waals surface area contributed by atoms with Crippen molar-refractivity contribution >= 4 is 28.3 Å². The van der Waals surface area contributed by atoms with E-state index in [0.29, 0.717) is 0 Å². The van der Waals surface area contributed by atoms with E-state index in [1.165, 1.54) is 11.0 Å². The Balaban J connectivity index is 1.98. The average molecular weight is 335 g/mol. The van der Waals surface area contributed by atoms with E-state index in [1.807, 2.05) is 22.9 Å². The van der Waals surface area contributed by atoms with Crippen LogP contribution in [0.25, 0.3) is 21.5 Å². The zero-order valence-electron chi connectivity index (χ0n) is 12.7. The van der Waals surface area contributed by atoms with Crippen LogP contribution in [0.5, 0.6) is 0 Å². The van der Waals surface area contributed by atoms with E-state index in [9.17, 15) is 13.6 Å². The zero-order valence-corrected chi connectivity index (χ0v) is 13.5. The summed E-state index contributed by atoms with van der Waals surface area (Å²) in [4.78, 5) is 18.6. The molecule has 0 unspecified atom stereocenters. The summed E-state index contributed by atoms with van der Waals surface area (Å²) in [5, 5.41) is 0. The van der Waals surface area contributed by atoms with Gasteiger partial charge in [0, 0.05) is 36.9 Å². The van der Waals surface area contributed by atoms with Crippen molar-refractivity contribution < 1.29 is 13.6 Å². The lowest BCUT2D eigenvalue weighted by Gasteiger charge is -2.11. The number of nitrogens with zero attached hydrogens (tertiary/aromatic N) is 3. The number of carbonyl (C=O) groups is 1. The van der Waals surface area contributed by atoms with Crippen LogP contribution in [0.2, 0.25) is 0 Å². The van der Waals surface area contributed by atoms with Gasteiger partial charge in [-0.3, -0.25) is 9.78 Å². The second-order valence-electron chi connectivity index (χ2n) is 5.36. The monoisotopic (exact) mass is 335 g/mol. The predicted octanol–water partition coefficient (Wildman–Crippen LogP) is 3.79. The Hall–Kier alpha value is -2.28. The van der Waals surface area contributed by atoms with Gasteiger partial charge in [0.2, 0.25) is 5.91 Å². The van der Waals surface area contributed by atoms with Crippen LogP contribution in [0.15, 0.2) is 36.7 Å². The fourth-order valence-corrected chi connectivity index (χ4v) is 3.09. The zero-order chi connectivity index (χ0) is 16.6. The summed E-state index contributed by atoms with van der Waals surface area (Å²) in [7, 11) is 3.41. The Morgan fingerprint density at radius 3 is 2.78 bits per heavy atom. The van der Waals surface area contributed by atoms with Gasteiger partial charge >= 0.3 is 0 Å². The number of rotatable bonds is 4.